The highest BCUT2D eigenvalue weighted by molar-refractivity contribution is 5.78. The van der Waals surface area contributed by atoms with E-state index in [-0.39, 0.29) is 18.1 Å². The number of nitrogens with one attached hydrogen (secondary N) is 1. The predicted octanol–water partition coefficient (Wildman–Crippen LogP) is 2.76. The van der Waals surface area contributed by atoms with Crippen LogP contribution in [0.3, 0.4) is 0 Å². The molecular weight excluding hydrogens is 297 g/mol. The third-order valence-corrected chi connectivity index (χ3v) is 3.73. The molecule has 1 heterocycles. The number of hydrogen-bond acceptors (Lipinski definition) is 3. The van der Waals surface area contributed by atoms with Gasteiger partial charge in [0.15, 0.2) is 11.5 Å². The average Bonchev–Trinajstić information content (AvgIpc) is 2.53. The maximum Gasteiger partial charge on any atom is 0.224 e. The number of fused-ring (bicyclic) bond motifs is 1. The fourth-order valence-corrected chi connectivity index (χ4v) is 2.51. The summed E-state index contributed by atoms with van der Waals surface area (Å²) in [4.78, 5) is 12.0. The van der Waals surface area contributed by atoms with Gasteiger partial charge in [-0.1, -0.05) is 12.1 Å². The molecule has 1 amide bonds. The molecule has 0 saturated heterocycles. The first-order valence-corrected chi connectivity index (χ1v) is 7.52. The van der Waals surface area contributed by atoms with Crippen LogP contribution in [-0.2, 0) is 17.8 Å². The topological polar surface area (TPSA) is 47.6 Å². The van der Waals surface area contributed by atoms with Crippen LogP contribution in [0.2, 0.25) is 0 Å². The highest BCUT2D eigenvalue weighted by Gasteiger charge is 2.14. The molecule has 3 rings (SSSR count). The summed E-state index contributed by atoms with van der Waals surface area (Å²) >= 11 is 0. The minimum atomic E-state index is -0.335. The Hall–Kier alpha value is -2.56. The molecule has 0 bridgehead atoms. The first-order chi connectivity index (χ1) is 11.1. The Morgan fingerprint density at radius 3 is 2.65 bits per heavy atom. The molecule has 23 heavy (non-hydrogen) atoms. The normalized spacial score (nSPS) is 12.8. The van der Waals surface area contributed by atoms with Gasteiger partial charge in [0.25, 0.3) is 0 Å². The molecule has 1 aliphatic rings. The molecule has 0 aromatic heterocycles. The zero-order valence-corrected chi connectivity index (χ0v) is 12.9. The van der Waals surface area contributed by atoms with Crippen molar-refractivity contribution >= 4 is 5.91 Å². The summed E-state index contributed by atoms with van der Waals surface area (Å²) in [5.41, 5.74) is 2.66. The number of carbonyl (C=O) groups is 1. The Morgan fingerprint density at radius 2 is 1.91 bits per heavy atom. The van der Waals surface area contributed by atoms with Crippen LogP contribution in [0.15, 0.2) is 36.4 Å². The van der Waals surface area contributed by atoms with Crippen molar-refractivity contribution in [3.05, 3.63) is 58.9 Å². The van der Waals surface area contributed by atoms with E-state index in [1.807, 2.05) is 19.1 Å². The number of amides is 1. The fourth-order valence-electron chi connectivity index (χ4n) is 2.51. The average molecular weight is 315 g/mol. The molecule has 0 spiro atoms. The van der Waals surface area contributed by atoms with Crippen molar-refractivity contribution in [2.75, 3.05) is 13.2 Å². The lowest BCUT2D eigenvalue weighted by atomic mass is 10.1. The van der Waals surface area contributed by atoms with Crippen LogP contribution >= 0.6 is 0 Å². The Balaban J connectivity index is 1.62. The van der Waals surface area contributed by atoms with Gasteiger partial charge in [-0.25, -0.2) is 4.39 Å². The second kappa shape index (κ2) is 6.69. The van der Waals surface area contributed by atoms with E-state index in [1.165, 1.54) is 12.1 Å². The van der Waals surface area contributed by atoms with Crippen molar-refractivity contribution in [3.63, 3.8) is 0 Å². The van der Waals surface area contributed by atoms with Gasteiger partial charge in [0, 0.05) is 6.54 Å². The number of rotatable bonds is 4. The van der Waals surface area contributed by atoms with E-state index in [0.717, 1.165) is 16.9 Å². The number of aryl methyl sites for hydroxylation is 1. The van der Waals surface area contributed by atoms with E-state index >= 15 is 0 Å². The summed E-state index contributed by atoms with van der Waals surface area (Å²) in [6, 6.07) is 9.88. The summed E-state index contributed by atoms with van der Waals surface area (Å²) in [6.07, 6.45) is 0.154. The van der Waals surface area contributed by atoms with Gasteiger partial charge in [-0.2, -0.15) is 0 Å². The molecule has 120 valence electrons. The summed E-state index contributed by atoms with van der Waals surface area (Å²) in [5.74, 6) is 0.961. The van der Waals surface area contributed by atoms with E-state index in [4.69, 9.17) is 9.47 Å². The SMILES string of the molecule is Cc1cc2c(cc1CNC(=O)Cc1cccc(F)c1)OCCO2. The van der Waals surface area contributed by atoms with Crippen LogP contribution in [0.4, 0.5) is 4.39 Å². The predicted molar refractivity (Wildman–Crippen MR) is 84.1 cm³/mol. The Labute approximate surface area is 134 Å². The quantitative estimate of drug-likeness (QED) is 0.944. The van der Waals surface area contributed by atoms with E-state index in [2.05, 4.69) is 5.32 Å². The van der Waals surface area contributed by atoms with Gasteiger partial charge in [-0.15, -0.1) is 0 Å². The standard InChI is InChI=1S/C18H18FNO3/c1-12-7-16-17(23-6-5-22-16)10-14(12)11-20-18(21)9-13-3-2-4-15(19)8-13/h2-4,7-8,10H,5-6,9,11H2,1H3,(H,20,21). The van der Waals surface area contributed by atoms with Crippen molar-refractivity contribution < 1.29 is 18.7 Å². The fraction of sp³-hybridized carbons (Fsp3) is 0.278. The van der Waals surface area contributed by atoms with E-state index in [9.17, 15) is 9.18 Å². The molecule has 1 N–H and O–H groups in total. The first-order valence-electron chi connectivity index (χ1n) is 7.52. The molecule has 1 aliphatic heterocycles. The highest BCUT2D eigenvalue weighted by Crippen LogP contribution is 2.32. The van der Waals surface area contributed by atoms with Crippen molar-refractivity contribution in [2.45, 2.75) is 19.9 Å². The number of halogens is 1. The minimum Gasteiger partial charge on any atom is -0.486 e. The largest absolute Gasteiger partial charge is 0.486 e. The molecule has 2 aromatic carbocycles. The van der Waals surface area contributed by atoms with Gasteiger partial charge in [0.2, 0.25) is 5.91 Å². The molecule has 0 unspecified atom stereocenters. The van der Waals surface area contributed by atoms with Gasteiger partial charge in [-0.3, -0.25) is 4.79 Å². The summed E-state index contributed by atoms with van der Waals surface area (Å²) in [5, 5.41) is 2.86. The highest BCUT2D eigenvalue weighted by atomic mass is 19.1. The van der Waals surface area contributed by atoms with Gasteiger partial charge in [0.05, 0.1) is 6.42 Å². The molecule has 0 radical (unpaired) electrons. The molecule has 5 heteroatoms. The van der Waals surface area contributed by atoms with Crippen LogP contribution in [0.1, 0.15) is 16.7 Å². The third kappa shape index (κ3) is 3.80. The van der Waals surface area contributed by atoms with Crippen molar-refractivity contribution in [1.82, 2.24) is 5.32 Å². The van der Waals surface area contributed by atoms with Crippen molar-refractivity contribution in [1.29, 1.82) is 0 Å². The Morgan fingerprint density at radius 1 is 1.17 bits per heavy atom. The number of ether oxygens (including phenoxy) is 2. The second-order valence-corrected chi connectivity index (χ2v) is 5.51. The van der Waals surface area contributed by atoms with E-state index in [1.54, 1.807) is 12.1 Å². The second-order valence-electron chi connectivity index (χ2n) is 5.51. The molecule has 2 aromatic rings. The minimum absolute atomic E-state index is 0.148. The lowest BCUT2D eigenvalue weighted by molar-refractivity contribution is -0.120. The summed E-state index contributed by atoms with van der Waals surface area (Å²) in [7, 11) is 0. The number of benzene rings is 2. The zero-order chi connectivity index (χ0) is 16.2. The lowest BCUT2D eigenvalue weighted by Crippen LogP contribution is -2.25. The van der Waals surface area contributed by atoms with Crippen molar-refractivity contribution in [2.24, 2.45) is 0 Å². The van der Waals surface area contributed by atoms with Gasteiger partial charge in [0.1, 0.15) is 19.0 Å². The lowest BCUT2D eigenvalue weighted by Gasteiger charge is -2.20. The summed E-state index contributed by atoms with van der Waals surface area (Å²) < 4.78 is 24.2. The van der Waals surface area contributed by atoms with Crippen LogP contribution in [0.25, 0.3) is 0 Å². The van der Waals surface area contributed by atoms with Crippen LogP contribution < -0.4 is 14.8 Å². The molecule has 0 atom stereocenters. The van der Waals surface area contributed by atoms with E-state index in [0.29, 0.717) is 31.1 Å². The third-order valence-electron chi connectivity index (χ3n) is 3.73. The van der Waals surface area contributed by atoms with E-state index < -0.39 is 0 Å². The van der Waals surface area contributed by atoms with Crippen LogP contribution in [-0.4, -0.2) is 19.1 Å². The molecule has 4 nitrogen and oxygen atoms in total. The van der Waals surface area contributed by atoms with Gasteiger partial charge in [-0.05, 0) is 47.9 Å². The summed E-state index contributed by atoms with van der Waals surface area (Å²) in [6.45, 7) is 3.44. The molecule has 0 aliphatic carbocycles. The van der Waals surface area contributed by atoms with Crippen molar-refractivity contribution in [3.8, 4) is 11.5 Å². The smallest absolute Gasteiger partial charge is 0.224 e. The van der Waals surface area contributed by atoms with Crippen LogP contribution in [0, 0.1) is 12.7 Å². The maximum absolute atomic E-state index is 13.1. The Bertz CT molecular complexity index is 730. The number of hydrogen-bond donors (Lipinski definition) is 1. The molecule has 0 saturated carbocycles. The van der Waals surface area contributed by atoms with Crippen LogP contribution in [0.5, 0.6) is 11.5 Å². The first kappa shape index (κ1) is 15.3. The molecule has 0 fully saturated rings. The van der Waals surface area contributed by atoms with Gasteiger partial charge >= 0.3 is 0 Å². The monoisotopic (exact) mass is 315 g/mol. The maximum atomic E-state index is 13.1. The Kier molecular flexibility index (Phi) is 4.46. The zero-order valence-electron chi connectivity index (χ0n) is 12.9. The molecular formula is C18H18FNO3. The van der Waals surface area contributed by atoms with Gasteiger partial charge < -0.3 is 14.8 Å². The number of carbonyl (C=O) groups excluding carboxylic acids is 1.